The third kappa shape index (κ3) is 3.94. The minimum absolute atomic E-state index is 0.0133. The zero-order chi connectivity index (χ0) is 18.1. The highest BCUT2D eigenvalue weighted by molar-refractivity contribution is 5.25. The predicted molar refractivity (Wildman–Crippen MR) is 91.9 cm³/mol. The van der Waals surface area contributed by atoms with Crippen LogP contribution in [0.2, 0.25) is 0 Å². The molecule has 2 nitrogen and oxygen atoms in total. The molecule has 2 saturated heterocycles. The fourth-order valence-electron chi connectivity index (χ4n) is 3.95. The second-order valence-electron chi connectivity index (χ2n) is 7.15. The van der Waals surface area contributed by atoms with Crippen LogP contribution in [-0.4, -0.2) is 24.4 Å². The highest BCUT2D eigenvalue weighted by atomic mass is 19.4. The van der Waals surface area contributed by atoms with Crippen molar-refractivity contribution in [3.05, 3.63) is 71.3 Å². The molecular weight excluding hydrogens is 341 g/mol. The molecular formula is C21H21F3O2. The third-order valence-electron chi connectivity index (χ3n) is 5.19. The summed E-state index contributed by atoms with van der Waals surface area (Å²) in [5, 5.41) is 0. The highest BCUT2D eigenvalue weighted by Crippen LogP contribution is 2.36. The maximum absolute atomic E-state index is 12.6. The molecule has 0 unspecified atom stereocenters. The summed E-state index contributed by atoms with van der Waals surface area (Å²) in [6.45, 7) is 0. The molecule has 2 heterocycles. The Bertz CT molecular complexity index is 713. The molecule has 0 amide bonds. The van der Waals surface area contributed by atoms with Crippen molar-refractivity contribution in [2.45, 2.75) is 56.3 Å². The van der Waals surface area contributed by atoms with Crippen molar-refractivity contribution >= 4 is 0 Å². The maximum Gasteiger partial charge on any atom is 0.416 e. The molecule has 0 aliphatic carbocycles. The quantitative estimate of drug-likeness (QED) is 0.777. The molecule has 0 radical (unpaired) electrons. The van der Waals surface area contributed by atoms with Crippen LogP contribution in [0.3, 0.4) is 0 Å². The molecule has 138 valence electrons. The van der Waals surface area contributed by atoms with Gasteiger partial charge in [-0.1, -0.05) is 42.5 Å². The Hall–Kier alpha value is -1.85. The van der Waals surface area contributed by atoms with Gasteiger partial charge in [-0.25, -0.2) is 0 Å². The fraction of sp³-hybridized carbons (Fsp3) is 0.429. The minimum atomic E-state index is -4.29. The van der Waals surface area contributed by atoms with E-state index in [4.69, 9.17) is 9.47 Å². The Labute approximate surface area is 150 Å². The van der Waals surface area contributed by atoms with E-state index in [9.17, 15) is 13.2 Å². The van der Waals surface area contributed by atoms with E-state index in [2.05, 4.69) is 12.1 Å². The van der Waals surface area contributed by atoms with Gasteiger partial charge >= 0.3 is 6.18 Å². The first-order chi connectivity index (χ1) is 12.5. The molecule has 5 heteroatoms. The Balaban J connectivity index is 1.29. The van der Waals surface area contributed by atoms with E-state index >= 15 is 0 Å². The van der Waals surface area contributed by atoms with Gasteiger partial charge in [-0.05, 0) is 36.1 Å². The molecule has 26 heavy (non-hydrogen) atoms. The molecule has 2 fully saturated rings. The summed E-state index contributed by atoms with van der Waals surface area (Å²) in [5.74, 6) is 0. The molecule has 4 atom stereocenters. The lowest BCUT2D eigenvalue weighted by atomic mass is 10.0. The van der Waals surface area contributed by atoms with Crippen LogP contribution in [0.15, 0.2) is 54.6 Å². The van der Waals surface area contributed by atoms with Crippen LogP contribution in [0.25, 0.3) is 0 Å². The average Bonchev–Trinajstić information content (AvgIpc) is 3.13. The summed E-state index contributed by atoms with van der Waals surface area (Å²) in [5.41, 5.74) is 1.51. The molecule has 0 N–H and O–H groups in total. The van der Waals surface area contributed by atoms with E-state index in [1.807, 2.05) is 18.2 Å². The SMILES string of the molecule is FC(F)(F)c1ccc(C[C@@H]2C[C@H]3O[C@H](Cc4ccccc4)C[C@H]3O2)cc1. The molecule has 0 bridgehead atoms. The van der Waals surface area contributed by atoms with Crippen molar-refractivity contribution in [1.82, 2.24) is 0 Å². The number of ether oxygens (including phenoxy) is 2. The van der Waals surface area contributed by atoms with Crippen molar-refractivity contribution in [2.75, 3.05) is 0 Å². The molecule has 2 aromatic carbocycles. The number of halogens is 3. The van der Waals surface area contributed by atoms with Crippen LogP contribution in [-0.2, 0) is 28.5 Å². The van der Waals surface area contributed by atoms with Gasteiger partial charge in [-0.15, -0.1) is 0 Å². The van der Waals surface area contributed by atoms with Crippen LogP contribution in [0.1, 0.15) is 29.5 Å². The van der Waals surface area contributed by atoms with Crippen molar-refractivity contribution in [3.63, 3.8) is 0 Å². The van der Waals surface area contributed by atoms with Crippen LogP contribution < -0.4 is 0 Å². The van der Waals surface area contributed by atoms with Gasteiger partial charge in [0.15, 0.2) is 0 Å². The van der Waals surface area contributed by atoms with Crippen LogP contribution in [0.4, 0.5) is 13.2 Å². The summed E-state index contributed by atoms with van der Waals surface area (Å²) in [4.78, 5) is 0. The first kappa shape index (κ1) is 17.6. The normalized spacial score (nSPS) is 28.3. The lowest BCUT2D eigenvalue weighted by Gasteiger charge is -2.16. The third-order valence-corrected chi connectivity index (χ3v) is 5.19. The van der Waals surface area contributed by atoms with Gasteiger partial charge in [0.25, 0.3) is 0 Å². The van der Waals surface area contributed by atoms with Gasteiger partial charge in [-0.3, -0.25) is 0 Å². The van der Waals surface area contributed by atoms with Crippen LogP contribution >= 0.6 is 0 Å². The Morgan fingerprint density at radius 1 is 0.731 bits per heavy atom. The second kappa shape index (κ2) is 7.05. The first-order valence-corrected chi connectivity index (χ1v) is 8.98. The maximum atomic E-state index is 12.6. The monoisotopic (exact) mass is 362 g/mol. The lowest BCUT2D eigenvalue weighted by molar-refractivity contribution is -0.137. The zero-order valence-electron chi connectivity index (χ0n) is 14.3. The summed E-state index contributed by atoms with van der Waals surface area (Å²) in [6, 6.07) is 15.6. The van der Waals surface area contributed by atoms with Crippen molar-refractivity contribution in [3.8, 4) is 0 Å². The highest BCUT2D eigenvalue weighted by Gasteiger charge is 2.43. The molecule has 0 aromatic heterocycles. The molecule has 2 aliphatic heterocycles. The van der Waals surface area contributed by atoms with Gasteiger partial charge in [0.05, 0.1) is 30.0 Å². The van der Waals surface area contributed by atoms with E-state index in [1.54, 1.807) is 12.1 Å². The van der Waals surface area contributed by atoms with Gasteiger partial charge in [0.1, 0.15) is 0 Å². The van der Waals surface area contributed by atoms with E-state index < -0.39 is 11.7 Å². The summed E-state index contributed by atoms with van der Waals surface area (Å²) in [7, 11) is 0. The number of fused-ring (bicyclic) bond motifs is 1. The van der Waals surface area contributed by atoms with Crippen molar-refractivity contribution in [1.29, 1.82) is 0 Å². The van der Waals surface area contributed by atoms with Crippen LogP contribution in [0.5, 0.6) is 0 Å². The van der Waals surface area contributed by atoms with E-state index in [0.717, 1.165) is 37.0 Å². The number of hydrogen-bond donors (Lipinski definition) is 0. The first-order valence-electron chi connectivity index (χ1n) is 8.98. The predicted octanol–water partition coefficient (Wildman–Crippen LogP) is 4.81. The molecule has 2 aromatic rings. The summed E-state index contributed by atoms with van der Waals surface area (Å²) < 4.78 is 50.2. The number of benzene rings is 2. The molecule has 0 spiro atoms. The Morgan fingerprint density at radius 2 is 1.23 bits per heavy atom. The smallest absolute Gasteiger partial charge is 0.372 e. The summed E-state index contributed by atoms with van der Waals surface area (Å²) in [6.07, 6.45) is -0.704. The van der Waals surface area contributed by atoms with Gasteiger partial charge in [-0.2, -0.15) is 13.2 Å². The van der Waals surface area contributed by atoms with Crippen LogP contribution in [0, 0.1) is 0 Å². The average molecular weight is 362 g/mol. The molecule has 0 saturated carbocycles. The number of alkyl halides is 3. The van der Waals surface area contributed by atoms with Gasteiger partial charge in [0, 0.05) is 12.8 Å². The lowest BCUT2D eigenvalue weighted by Crippen LogP contribution is -2.17. The molecule has 2 aliphatic rings. The largest absolute Gasteiger partial charge is 0.416 e. The standard InChI is InChI=1S/C21H21F3O2/c22-21(23,24)16-8-6-15(7-9-16)11-18-13-20-19(26-18)12-17(25-20)10-14-4-2-1-3-5-14/h1-9,17-20H,10-13H2/t17-,18-,19-,20-/m1/s1. The second-order valence-corrected chi connectivity index (χ2v) is 7.15. The van der Waals surface area contributed by atoms with Gasteiger partial charge < -0.3 is 9.47 Å². The van der Waals surface area contributed by atoms with Crippen molar-refractivity contribution < 1.29 is 22.6 Å². The van der Waals surface area contributed by atoms with Crippen molar-refractivity contribution in [2.24, 2.45) is 0 Å². The molecule has 4 rings (SSSR count). The summed E-state index contributed by atoms with van der Waals surface area (Å²) >= 11 is 0. The Morgan fingerprint density at radius 3 is 1.73 bits per heavy atom. The number of rotatable bonds is 4. The minimum Gasteiger partial charge on any atom is -0.372 e. The fourth-order valence-corrected chi connectivity index (χ4v) is 3.95. The zero-order valence-corrected chi connectivity index (χ0v) is 14.3. The number of hydrogen-bond acceptors (Lipinski definition) is 2. The topological polar surface area (TPSA) is 18.5 Å². The Kier molecular flexibility index (Phi) is 4.76. The van der Waals surface area contributed by atoms with E-state index in [0.29, 0.717) is 6.42 Å². The van der Waals surface area contributed by atoms with E-state index in [-0.39, 0.29) is 24.4 Å². The van der Waals surface area contributed by atoms with Gasteiger partial charge in [0.2, 0.25) is 0 Å². The van der Waals surface area contributed by atoms with E-state index in [1.165, 1.54) is 5.56 Å².